The molecule has 0 fully saturated rings. The highest BCUT2D eigenvalue weighted by Crippen LogP contribution is 2.17. The first-order valence-corrected chi connectivity index (χ1v) is 22.8. The topological polar surface area (TPSA) is 29.3 Å². The van der Waals surface area contributed by atoms with Crippen molar-refractivity contribution in [3.05, 3.63) is 0 Å². The average Bonchev–Trinajstić information content (AvgIpc) is 3.09. The molecular weight excluding hydrogens is 569 g/mol. The zero-order valence-electron chi connectivity index (χ0n) is 33.6. The highest BCUT2D eigenvalue weighted by atomic mass is 15.2. The zero-order valence-corrected chi connectivity index (χ0v) is 33.6. The van der Waals surface area contributed by atoms with Crippen LogP contribution in [0, 0.1) is 0 Å². The van der Waals surface area contributed by atoms with Crippen molar-refractivity contribution in [1.82, 2.24) is 4.90 Å². The fraction of sp³-hybridized carbons (Fsp3) is 1.00. The van der Waals surface area contributed by atoms with Gasteiger partial charge < -0.3 is 5.73 Å². The molecule has 0 rings (SSSR count). The van der Waals surface area contributed by atoms with Gasteiger partial charge in [0.15, 0.2) is 0 Å². The minimum Gasteiger partial charge on any atom is -0.316 e. The van der Waals surface area contributed by atoms with E-state index in [1.165, 1.54) is 257 Å². The van der Waals surface area contributed by atoms with Gasteiger partial charge in [0.2, 0.25) is 0 Å². The lowest BCUT2D eigenvalue weighted by molar-refractivity contribution is 0.186. The number of nitrogens with two attached hydrogens (primary N) is 1. The number of hydrogen-bond donors (Lipinski definition) is 1. The van der Waals surface area contributed by atoms with Crippen molar-refractivity contribution in [3.63, 3.8) is 0 Å². The Kier molecular flexibility index (Phi) is 42.0. The maximum Gasteiger partial charge on any atom is 0.0569 e. The van der Waals surface area contributed by atoms with Crippen LogP contribution in [0.1, 0.15) is 271 Å². The van der Waals surface area contributed by atoms with Crippen molar-refractivity contribution in [3.8, 4) is 0 Å². The van der Waals surface area contributed by atoms with Crippen LogP contribution in [0.25, 0.3) is 0 Å². The zero-order chi connectivity index (χ0) is 34.1. The summed E-state index contributed by atoms with van der Waals surface area (Å²) in [7, 11) is 0. The molecule has 0 heterocycles. The van der Waals surface area contributed by atoms with E-state index in [9.17, 15) is 0 Å². The van der Waals surface area contributed by atoms with Crippen molar-refractivity contribution in [2.24, 2.45) is 5.73 Å². The third-order valence-corrected chi connectivity index (χ3v) is 11.0. The minimum atomic E-state index is 0.265. The SMILES string of the molecule is CCCCCCCCCCCCCCCCCCCCCCN(CCCCCCCCCCCCCCCCCCCC)C(N)CC. The molecule has 0 aromatic heterocycles. The summed E-state index contributed by atoms with van der Waals surface area (Å²) >= 11 is 0. The first-order valence-electron chi connectivity index (χ1n) is 22.8. The molecule has 0 aliphatic rings. The fourth-order valence-electron chi connectivity index (χ4n) is 7.49. The number of rotatable bonds is 42. The maximum atomic E-state index is 6.50. The van der Waals surface area contributed by atoms with Gasteiger partial charge >= 0.3 is 0 Å². The molecule has 1 unspecified atom stereocenters. The maximum absolute atomic E-state index is 6.50. The van der Waals surface area contributed by atoms with Crippen molar-refractivity contribution in [1.29, 1.82) is 0 Å². The van der Waals surface area contributed by atoms with Gasteiger partial charge in [0.1, 0.15) is 0 Å². The van der Waals surface area contributed by atoms with E-state index in [1.807, 2.05) is 0 Å². The normalized spacial score (nSPS) is 12.4. The van der Waals surface area contributed by atoms with Gasteiger partial charge in [0.05, 0.1) is 6.17 Å². The summed E-state index contributed by atoms with van der Waals surface area (Å²) in [6, 6.07) is 0. The van der Waals surface area contributed by atoms with Crippen LogP contribution >= 0.6 is 0 Å². The van der Waals surface area contributed by atoms with Crippen molar-refractivity contribution in [2.45, 2.75) is 277 Å². The Bertz CT molecular complexity index is 534. The number of nitrogens with zero attached hydrogens (tertiary/aromatic N) is 1. The van der Waals surface area contributed by atoms with E-state index in [0.29, 0.717) is 0 Å². The Morgan fingerprint density at radius 1 is 0.277 bits per heavy atom. The van der Waals surface area contributed by atoms with E-state index in [-0.39, 0.29) is 6.17 Å². The summed E-state index contributed by atoms with van der Waals surface area (Å²) in [6.45, 7) is 9.30. The monoisotopic (exact) mass is 663 g/mol. The Labute approximate surface area is 300 Å². The van der Waals surface area contributed by atoms with Crippen LogP contribution in [0.15, 0.2) is 0 Å². The van der Waals surface area contributed by atoms with E-state index < -0.39 is 0 Å². The number of unbranched alkanes of at least 4 members (excludes halogenated alkanes) is 36. The molecule has 0 aromatic rings. The predicted molar refractivity (Wildman–Crippen MR) is 217 cm³/mol. The Morgan fingerprint density at radius 3 is 0.617 bits per heavy atom. The van der Waals surface area contributed by atoms with Gasteiger partial charge in [-0.15, -0.1) is 0 Å². The summed E-state index contributed by atoms with van der Waals surface area (Å²) < 4.78 is 0. The summed E-state index contributed by atoms with van der Waals surface area (Å²) in [5, 5.41) is 0. The smallest absolute Gasteiger partial charge is 0.0569 e. The summed E-state index contributed by atoms with van der Waals surface area (Å²) in [6.07, 6.45) is 56.4. The molecule has 0 aliphatic heterocycles. The van der Waals surface area contributed by atoms with Crippen LogP contribution in [0.4, 0.5) is 0 Å². The Morgan fingerprint density at radius 2 is 0.447 bits per heavy atom. The van der Waals surface area contributed by atoms with E-state index in [1.54, 1.807) is 0 Å². The highest BCUT2D eigenvalue weighted by molar-refractivity contribution is 4.65. The molecule has 0 aliphatic carbocycles. The second kappa shape index (κ2) is 42.1. The second-order valence-corrected chi connectivity index (χ2v) is 15.7. The molecule has 0 spiro atoms. The van der Waals surface area contributed by atoms with Crippen molar-refractivity contribution in [2.75, 3.05) is 13.1 Å². The molecule has 2 nitrogen and oxygen atoms in total. The van der Waals surface area contributed by atoms with Gasteiger partial charge in [-0.3, -0.25) is 4.90 Å². The van der Waals surface area contributed by atoms with Crippen LogP contribution in [0.5, 0.6) is 0 Å². The van der Waals surface area contributed by atoms with Crippen LogP contribution in [-0.4, -0.2) is 24.2 Å². The first-order chi connectivity index (χ1) is 23.3. The van der Waals surface area contributed by atoms with E-state index in [0.717, 1.165) is 6.42 Å². The predicted octanol–water partition coefficient (Wildman–Crippen LogP) is 15.8. The molecule has 0 aromatic carbocycles. The molecule has 284 valence electrons. The van der Waals surface area contributed by atoms with E-state index >= 15 is 0 Å². The fourth-order valence-corrected chi connectivity index (χ4v) is 7.49. The third-order valence-electron chi connectivity index (χ3n) is 11.0. The molecule has 47 heavy (non-hydrogen) atoms. The Balaban J connectivity index is 3.43. The molecule has 0 bridgehead atoms. The van der Waals surface area contributed by atoms with Gasteiger partial charge in [-0.25, -0.2) is 0 Å². The summed E-state index contributed by atoms with van der Waals surface area (Å²) in [4.78, 5) is 2.60. The molecule has 0 saturated carbocycles. The van der Waals surface area contributed by atoms with Crippen LogP contribution in [0.2, 0.25) is 0 Å². The second-order valence-electron chi connectivity index (χ2n) is 15.7. The van der Waals surface area contributed by atoms with Gasteiger partial charge in [-0.2, -0.15) is 0 Å². The van der Waals surface area contributed by atoms with Gasteiger partial charge in [-0.05, 0) is 32.4 Å². The standard InChI is InChI=1S/C45H94N2/c1-4-7-9-11-13-15-17-19-21-23-25-26-28-30-32-34-36-38-40-42-44-47(45(46)6-3)43-41-39-37-35-33-31-29-27-24-22-20-18-16-14-12-10-8-5-2/h45H,4-44,46H2,1-3H3. The molecule has 0 amide bonds. The lowest BCUT2D eigenvalue weighted by atomic mass is 10.0. The Hall–Kier alpha value is -0.0800. The number of hydrogen-bond acceptors (Lipinski definition) is 2. The largest absolute Gasteiger partial charge is 0.316 e. The molecule has 0 radical (unpaired) electrons. The third kappa shape index (κ3) is 38.6. The average molecular weight is 663 g/mol. The lowest BCUT2D eigenvalue weighted by Gasteiger charge is -2.28. The van der Waals surface area contributed by atoms with Gasteiger partial charge in [0.25, 0.3) is 0 Å². The van der Waals surface area contributed by atoms with E-state index in [2.05, 4.69) is 25.7 Å². The van der Waals surface area contributed by atoms with Crippen LogP contribution in [0.3, 0.4) is 0 Å². The molecule has 1 atom stereocenters. The highest BCUT2D eigenvalue weighted by Gasteiger charge is 2.11. The van der Waals surface area contributed by atoms with E-state index in [4.69, 9.17) is 5.73 Å². The van der Waals surface area contributed by atoms with Crippen LogP contribution in [-0.2, 0) is 0 Å². The van der Waals surface area contributed by atoms with Crippen molar-refractivity contribution >= 4 is 0 Å². The minimum absolute atomic E-state index is 0.265. The molecular formula is C45H94N2. The van der Waals surface area contributed by atoms with Gasteiger partial charge in [-0.1, -0.05) is 252 Å². The lowest BCUT2D eigenvalue weighted by Crippen LogP contribution is -2.42. The van der Waals surface area contributed by atoms with Crippen molar-refractivity contribution < 1.29 is 0 Å². The summed E-state index contributed by atoms with van der Waals surface area (Å²) in [5.41, 5.74) is 6.50. The first kappa shape index (κ1) is 46.9. The van der Waals surface area contributed by atoms with Crippen LogP contribution < -0.4 is 5.73 Å². The summed E-state index contributed by atoms with van der Waals surface area (Å²) in [5.74, 6) is 0. The molecule has 0 saturated heterocycles. The quantitative estimate of drug-likeness (QED) is 0.0520. The van der Waals surface area contributed by atoms with Gasteiger partial charge in [0, 0.05) is 0 Å². The molecule has 2 heteroatoms. The molecule has 2 N–H and O–H groups in total.